The highest BCUT2D eigenvalue weighted by atomic mass is 32.1. The number of fused-ring (bicyclic) bond motifs is 1. The Morgan fingerprint density at radius 1 is 1.22 bits per heavy atom. The number of benzene rings is 1. The monoisotopic (exact) mass is 264 g/mol. The van der Waals surface area contributed by atoms with Crippen molar-refractivity contribution in [2.24, 2.45) is 0 Å². The van der Waals surface area contributed by atoms with Gasteiger partial charge in [0.25, 0.3) is 0 Å². The first-order valence-electron chi connectivity index (χ1n) is 6.00. The fourth-order valence-electron chi connectivity index (χ4n) is 1.74. The molecule has 98 valence electrons. The molecule has 0 spiro atoms. The van der Waals surface area contributed by atoms with Gasteiger partial charge in [-0.2, -0.15) is 0 Å². The molecule has 2 aromatic rings. The summed E-state index contributed by atoms with van der Waals surface area (Å²) in [7, 11) is 6.24. The van der Waals surface area contributed by atoms with E-state index >= 15 is 0 Å². The highest BCUT2D eigenvalue weighted by Gasteiger charge is 2.11. The summed E-state index contributed by atoms with van der Waals surface area (Å²) in [5, 5.41) is 1.06. The SMILES string of the molecule is Cc1c(N)ccc2nc(N(C)CCN(C)C)sc12. The number of aryl methyl sites for hydroxylation is 1. The van der Waals surface area contributed by atoms with Crippen molar-refractivity contribution in [3.8, 4) is 0 Å². The first kappa shape index (κ1) is 13.1. The Labute approximate surface area is 112 Å². The van der Waals surface area contributed by atoms with Crippen LogP contribution in [0.15, 0.2) is 12.1 Å². The minimum atomic E-state index is 0.841. The fraction of sp³-hybridized carbons (Fsp3) is 0.462. The Bertz CT molecular complexity index is 547. The van der Waals surface area contributed by atoms with Gasteiger partial charge in [-0.1, -0.05) is 11.3 Å². The van der Waals surface area contributed by atoms with Gasteiger partial charge < -0.3 is 15.5 Å². The normalized spacial score (nSPS) is 11.4. The lowest BCUT2D eigenvalue weighted by Crippen LogP contribution is -2.28. The Morgan fingerprint density at radius 3 is 2.61 bits per heavy atom. The molecule has 1 aromatic heterocycles. The van der Waals surface area contributed by atoms with Crippen molar-refractivity contribution in [2.75, 3.05) is 44.9 Å². The van der Waals surface area contributed by atoms with E-state index in [0.29, 0.717) is 0 Å². The molecular formula is C13H20N4S. The van der Waals surface area contributed by atoms with Crippen LogP contribution in [0.4, 0.5) is 10.8 Å². The number of anilines is 2. The van der Waals surface area contributed by atoms with Gasteiger partial charge in [0.15, 0.2) is 5.13 Å². The van der Waals surface area contributed by atoms with Crippen molar-refractivity contribution in [3.63, 3.8) is 0 Å². The predicted molar refractivity (Wildman–Crippen MR) is 80.6 cm³/mol. The third-order valence-corrected chi connectivity index (χ3v) is 4.35. The largest absolute Gasteiger partial charge is 0.398 e. The van der Waals surface area contributed by atoms with E-state index in [9.17, 15) is 0 Å². The number of hydrogen-bond donors (Lipinski definition) is 1. The number of thiazole rings is 1. The fourth-order valence-corrected chi connectivity index (χ4v) is 2.80. The van der Waals surface area contributed by atoms with Crippen molar-refractivity contribution >= 4 is 32.4 Å². The number of rotatable bonds is 4. The van der Waals surface area contributed by atoms with Crippen molar-refractivity contribution in [1.82, 2.24) is 9.88 Å². The Kier molecular flexibility index (Phi) is 3.73. The van der Waals surface area contributed by atoms with E-state index in [1.807, 2.05) is 12.1 Å². The van der Waals surface area contributed by atoms with E-state index in [2.05, 4.69) is 42.9 Å². The molecule has 0 aliphatic carbocycles. The first-order valence-corrected chi connectivity index (χ1v) is 6.82. The summed E-state index contributed by atoms with van der Waals surface area (Å²) < 4.78 is 1.20. The van der Waals surface area contributed by atoms with Crippen LogP contribution in [0.2, 0.25) is 0 Å². The van der Waals surface area contributed by atoms with Crippen LogP contribution in [0.1, 0.15) is 5.56 Å². The highest BCUT2D eigenvalue weighted by molar-refractivity contribution is 7.22. The van der Waals surface area contributed by atoms with E-state index in [0.717, 1.165) is 35.0 Å². The van der Waals surface area contributed by atoms with E-state index in [4.69, 9.17) is 5.73 Å². The number of hydrogen-bond acceptors (Lipinski definition) is 5. The molecule has 0 radical (unpaired) electrons. The van der Waals surface area contributed by atoms with Crippen LogP contribution in [0, 0.1) is 6.92 Å². The zero-order valence-corrected chi connectivity index (χ0v) is 12.2. The zero-order valence-electron chi connectivity index (χ0n) is 11.4. The van der Waals surface area contributed by atoms with Crippen molar-refractivity contribution in [3.05, 3.63) is 17.7 Å². The predicted octanol–water partition coefficient (Wildman–Crippen LogP) is 2.18. The second kappa shape index (κ2) is 5.12. The van der Waals surface area contributed by atoms with E-state index in [-0.39, 0.29) is 0 Å². The summed E-state index contributed by atoms with van der Waals surface area (Å²) in [5.41, 5.74) is 8.95. The lowest BCUT2D eigenvalue weighted by Gasteiger charge is -2.18. The van der Waals surface area contributed by atoms with Crippen LogP contribution in [0.3, 0.4) is 0 Å². The molecule has 0 aliphatic rings. The van der Waals surface area contributed by atoms with E-state index in [1.54, 1.807) is 11.3 Å². The minimum Gasteiger partial charge on any atom is -0.398 e. The first-order chi connectivity index (χ1) is 8.49. The molecule has 0 bridgehead atoms. The molecule has 5 heteroatoms. The van der Waals surface area contributed by atoms with Gasteiger partial charge in [0.2, 0.25) is 0 Å². The second-order valence-electron chi connectivity index (χ2n) is 4.85. The molecule has 1 aromatic carbocycles. The third kappa shape index (κ3) is 2.57. The maximum Gasteiger partial charge on any atom is 0.186 e. The molecule has 0 aliphatic heterocycles. The molecule has 0 saturated carbocycles. The van der Waals surface area contributed by atoms with Crippen molar-refractivity contribution < 1.29 is 0 Å². The van der Waals surface area contributed by atoms with Gasteiger partial charge in [-0.25, -0.2) is 4.98 Å². The quantitative estimate of drug-likeness (QED) is 0.860. The minimum absolute atomic E-state index is 0.841. The van der Waals surface area contributed by atoms with Crippen molar-refractivity contribution in [1.29, 1.82) is 0 Å². The Morgan fingerprint density at radius 2 is 1.94 bits per heavy atom. The lowest BCUT2D eigenvalue weighted by molar-refractivity contribution is 0.416. The molecule has 2 N–H and O–H groups in total. The number of nitrogen functional groups attached to an aromatic ring is 1. The molecular weight excluding hydrogens is 244 g/mol. The smallest absolute Gasteiger partial charge is 0.186 e. The van der Waals surface area contributed by atoms with Crippen molar-refractivity contribution in [2.45, 2.75) is 6.92 Å². The maximum absolute atomic E-state index is 5.93. The maximum atomic E-state index is 5.93. The summed E-state index contributed by atoms with van der Waals surface area (Å²) in [6.07, 6.45) is 0. The summed E-state index contributed by atoms with van der Waals surface area (Å²) in [6.45, 7) is 4.05. The summed E-state index contributed by atoms with van der Waals surface area (Å²) in [6, 6.07) is 3.93. The summed E-state index contributed by atoms with van der Waals surface area (Å²) in [4.78, 5) is 9.03. The van der Waals surface area contributed by atoms with Gasteiger partial charge in [-0.05, 0) is 38.7 Å². The third-order valence-electron chi connectivity index (χ3n) is 3.05. The van der Waals surface area contributed by atoms with Crippen LogP contribution in [0.25, 0.3) is 10.2 Å². The van der Waals surface area contributed by atoms with Gasteiger partial charge in [-0.3, -0.25) is 0 Å². The molecule has 0 amide bonds. The van der Waals surface area contributed by atoms with Crippen LogP contribution in [-0.4, -0.2) is 44.1 Å². The molecule has 4 nitrogen and oxygen atoms in total. The van der Waals surface area contributed by atoms with Gasteiger partial charge in [0.1, 0.15) is 0 Å². The van der Waals surface area contributed by atoms with Gasteiger partial charge in [0.05, 0.1) is 10.2 Å². The number of aromatic nitrogens is 1. The van der Waals surface area contributed by atoms with Crippen LogP contribution in [-0.2, 0) is 0 Å². The van der Waals surface area contributed by atoms with Gasteiger partial charge >= 0.3 is 0 Å². The Balaban J connectivity index is 2.27. The summed E-state index contributed by atoms with van der Waals surface area (Å²) in [5.74, 6) is 0. The number of likely N-dealkylation sites (N-methyl/N-ethyl adjacent to an activating group) is 2. The average molecular weight is 264 g/mol. The van der Waals surface area contributed by atoms with Gasteiger partial charge in [0, 0.05) is 25.8 Å². The van der Waals surface area contributed by atoms with Crippen LogP contribution in [0.5, 0.6) is 0 Å². The molecule has 0 fully saturated rings. The molecule has 18 heavy (non-hydrogen) atoms. The Hall–Kier alpha value is -1.33. The lowest BCUT2D eigenvalue weighted by atomic mass is 10.2. The summed E-state index contributed by atoms with van der Waals surface area (Å²) >= 11 is 1.71. The molecule has 0 saturated heterocycles. The molecule has 2 rings (SSSR count). The average Bonchev–Trinajstić information content (AvgIpc) is 2.75. The van der Waals surface area contributed by atoms with Crippen LogP contribution >= 0.6 is 11.3 Å². The highest BCUT2D eigenvalue weighted by Crippen LogP contribution is 2.32. The second-order valence-corrected chi connectivity index (χ2v) is 5.83. The standard InChI is InChI=1S/C13H20N4S/c1-9-10(14)5-6-11-12(9)18-13(15-11)17(4)8-7-16(2)3/h5-6H,7-8,14H2,1-4H3. The van der Waals surface area contributed by atoms with E-state index < -0.39 is 0 Å². The molecule has 1 heterocycles. The molecule has 0 unspecified atom stereocenters. The van der Waals surface area contributed by atoms with Gasteiger partial charge in [-0.15, -0.1) is 0 Å². The van der Waals surface area contributed by atoms with E-state index in [1.165, 1.54) is 4.70 Å². The number of nitrogens with zero attached hydrogens (tertiary/aromatic N) is 3. The topological polar surface area (TPSA) is 45.4 Å². The zero-order chi connectivity index (χ0) is 13.3. The van der Waals surface area contributed by atoms with Crippen LogP contribution < -0.4 is 10.6 Å². The molecule has 0 atom stereocenters. The number of nitrogens with two attached hydrogens (primary N) is 1.